The summed E-state index contributed by atoms with van der Waals surface area (Å²) < 4.78 is 16.1. The quantitative estimate of drug-likeness (QED) is 0.616. The number of methoxy groups -OCH3 is 2. The number of nitrogens with one attached hydrogen (secondary N) is 1. The number of hydrogen-bond donors (Lipinski definition) is 1. The molecule has 0 saturated carbocycles. The highest BCUT2D eigenvalue weighted by Gasteiger charge is 2.40. The zero-order valence-electron chi connectivity index (χ0n) is 18.7. The molecule has 0 aliphatic carbocycles. The largest absolute Gasteiger partial charge is 0.497 e. The van der Waals surface area contributed by atoms with Crippen molar-refractivity contribution < 1.29 is 18.8 Å². The summed E-state index contributed by atoms with van der Waals surface area (Å²) in [6.45, 7) is 2.26. The first-order valence-corrected chi connectivity index (χ1v) is 10.7. The maximum Gasteiger partial charge on any atom is 0.251 e. The van der Waals surface area contributed by atoms with Gasteiger partial charge in [-0.05, 0) is 31.0 Å². The molecule has 1 aromatic heterocycles. The van der Waals surface area contributed by atoms with Crippen molar-refractivity contribution in [3.8, 4) is 22.9 Å². The lowest BCUT2D eigenvalue weighted by molar-refractivity contribution is -0.135. The highest BCUT2D eigenvalue weighted by atomic mass is 16.5. The molecular formula is C24H25N5O4. The Morgan fingerprint density at radius 2 is 1.94 bits per heavy atom. The summed E-state index contributed by atoms with van der Waals surface area (Å²) in [6, 6.07) is 13.5. The van der Waals surface area contributed by atoms with Crippen LogP contribution in [-0.4, -0.2) is 46.2 Å². The van der Waals surface area contributed by atoms with Gasteiger partial charge in [-0.25, -0.2) is 5.43 Å². The first-order valence-electron chi connectivity index (χ1n) is 10.7. The van der Waals surface area contributed by atoms with E-state index in [-0.39, 0.29) is 24.5 Å². The van der Waals surface area contributed by atoms with Crippen LogP contribution in [0.1, 0.15) is 29.5 Å². The summed E-state index contributed by atoms with van der Waals surface area (Å²) in [7, 11) is 3.16. The maximum absolute atomic E-state index is 13.2. The number of rotatable bonds is 6. The van der Waals surface area contributed by atoms with Crippen LogP contribution in [0.15, 0.2) is 59.4 Å². The van der Waals surface area contributed by atoms with Gasteiger partial charge >= 0.3 is 0 Å². The molecule has 0 radical (unpaired) electrons. The summed E-state index contributed by atoms with van der Waals surface area (Å²) in [5, 5.41) is 5.95. The molecule has 1 saturated heterocycles. The molecule has 9 heteroatoms. The van der Waals surface area contributed by atoms with Crippen molar-refractivity contribution >= 4 is 5.91 Å². The van der Waals surface area contributed by atoms with Crippen LogP contribution < -0.4 is 14.9 Å². The molecule has 2 unspecified atom stereocenters. The van der Waals surface area contributed by atoms with E-state index < -0.39 is 0 Å². The second kappa shape index (κ2) is 8.59. The molecule has 3 aromatic rings. The van der Waals surface area contributed by atoms with Gasteiger partial charge in [0.05, 0.1) is 25.8 Å². The van der Waals surface area contributed by atoms with E-state index in [1.54, 1.807) is 37.5 Å². The number of hydrogen-bond acceptors (Lipinski definition) is 8. The molecule has 3 heterocycles. The summed E-state index contributed by atoms with van der Waals surface area (Å²) in [4.78, 5) is 19.2. The summed E-state index contributed by atoms with van der Waals surface area (Å²) in [5.41, 5.74) is 6.47. The molecule has 1 N–H and O–H groups in total. The van der Waals surface area contributed by atoms with E-state index >= 15 is 0 Å². The second-order valence-corrected chi connectivity index (χ2v) is 8.09. The highest BCUT2D eigenvalue weighted by molar-refractivity contribution is 5.84. The number of amides is 1. The van der Waals surface area contributed by atoms with E-state index in [0.717, 1.165) is 5.56 Å². The van der Waals surface area contributed by atoms with E-state index in [1.807, 2.05) is 17.3 Å². The smallest absolute Gasteiger partial charge is 0.251 e. The minimum Gasteiger partial charge on any atom is -0.497 e. The highest BCUT2D eigenvalue weighted by Crippen LogP contribution is 2.33. The topological polar surface area (TPSA) is 93.0 Å². The average molecular weight is 447 g/mol. The van der Waals surface area contributed by atoms with Crippen molar-refractivity contribution in [1.82, 2.24) is 25.5 Å². The number of fused-ring (bicyclic) bond motifs is 1. The zero-order valence-corrected chi connectivity index (χ0v) is 18.7. The number of hydrazine groups is 1. The van der Waals surface area contributed by atoms with Crippen LogP contribution >= 0.6 is 0 Å². The molecular weight excluding hydrogens is 422 g/mol. The number of aryl methyl sites for hydroxylation is 1. The number of ether oxygens (including phenoxy) is 2. The van der Waals surface area contributed by atoms with Crippen molar-refractivity contribution in [3.63, 3.8) is 0 Å². The second-order valence-electron chi connectivity index (χ2n) is 8.09. The molecule has 0 bridgehead atoms. The lowest BCUT2D eigenvalue weighted by Gasteiger charge is -2.30. The van der Waals surface area contributed by atoms with Crippen LogP contribution in [0.4, 0.5) is 0 Å². The van der Waals surface area contributed by atoms with Gasteiger partial charge in [0.1, 0.15) is 24.1 Å². The van der Waals surface area contributed by atoms with Crippen LogP contribution in [0, 0.1) is 6.92 Å². The molecule has 2 aromatic carbocycles. The lowest BCUT2D eigenvalue weighted by Crippen LogP contribution is -2.47. The molecule has 1 amide bonds. The number of carbonyl (C=O) groups is 1. The first kappa shape index (κ1) is 21.0. The predicted octanol–water partition coefficient (Wildman–Crippen LogP) is 3.20. The van der Waals surface area contributed by atoms with Crippen LogP contribution in [0.3, 0.4) is 0 Å². The van der Waals surface area contributed by atoms with E-state index in [1.165, 1.54) is 5.56 Å². The van der Waals surface area contributed by atoms with Crippen molar-refractivity contribution in [3.05, 3.63) is 71.9 Å². The van der Waals surface area contributed by atoms with Gasteiger partial charge in [0.25, 0.3) is 5.91 Å². The minimum absolute atomic E-state index is 0.0126. The number of carbonyl (C=O) groups excluding carboxylic acids is 1. The third kappa shape index (κ3) is 4.03. The Morgan fingerprint density at radius 3 is 2.70 bits per heavy atom. The van der Waals surface area contributed by atoms with Crippen molar-refractivity contribution in [2.24, 2.45) is 0 Å². The number of aromatic nitrogens is 2. The Kier molecular flexibility index (Phi) is 5.47. The molecule has 1 fully saturated rings. The summed E-state index contributed by atoms with van der Waals surface area (Å²) >= 11 is 0. The molecule has 2 aliphatic rings. The van der Waals surface area contributed by atoms with E-state index in [0.29, 0.717) is 35.2 Å². The van der Waals surface area contributed by atoms with Crippen molar-refractivity contribution in [2.75, 3.05) is 14.2 Å². The Balaban J connectivity index is 1.29. The van der Waals surface area contributed by atoms with Gasteiger partial charge < -0.3 is 23.9 Å². The maximum atomic E-state index is 13.2. The fourth-order valence-electron chi connectivity index (χ4n) is 4.14. The van der Waals surface area contributed by atoms with Gasteiger partial charge in [-0.3, -0.25) is 4.79 Å². The van der Waals surface area contributed by atoms with Crippen LogP contribution in [0.5, 0.6) is 11.5 Å². The standard InChI is InChI=1S/C24H25N5O4/c1-15-4-6-16(7-5-15)19-13-20-24(30)28(10-11-29(20)26-19)14-22-25-23(27-33-22)18-9-8-17(31-2)12-21(18)32-3/h4-12,19-20,26H,13-14H2,1-3H3. The zero-order chi connectivity index (χ0) is 22.9. The minimum atomic E-state index is -0.287. The Labute approximate surface area is 191 Å². The molecule has 170 valence electrons. The molecule has 2 aliphatic heterocycles. The summed E-state index contributed by atoms with van der Waals surface area (Å²) in [5.74, 6) is 1.96. The van der Waals surface area contributed by atoms with Crippen LogP contribution in [-0.2, 0) is 11.3 Å². The normalized spacial score (nSPS) is 19.7. The molecule has 2 atom stereocenters. The Bertz CT molecular complexity index is 1190. The molecule has 0 spiro atoms. The SMILES string of the molecule is COc1ccc(-c2noc(CN3C=CN4NC(c5ccc(C)cc5)CC4C3=O)n2)c(OC)c1. The van der Waals surface area contributed by atoms with Crippen molar-refractivity contribution in [1.29, 1.82) is 0 Å². The monoisotopic (exact) mass is 447 g/mol. The van der Waals surface area contributed by atoms with E-state index in [2.05, 4.69) is 46.8 Å². The Hall–Kier alpha value is -3.85. The van der Waals surface area contributed by atoms with E-state index in [4.69, 9.17) is 14.0 Å². The van der Waals surface area contributed by atoms with Gasteiger partial charge in [-0.2, -0.15) is 4.98 Å². The van der Waals surface area contributed by atoms with Crippen LogP contribution in [0.2, 0.25) is 0 Å². The molecule has 9 nitrogen and oxygen atoms in total. The fraction of sp³-hybridized carbons (Fsp3) is 0.292. The third-order valence-corrected chi connectivity index (χ3v) is 5.98. The van der Waals surface area contributed by atoms with Crippen LogP contribution in [0.25, 0.3) is 11.4 Å². The van der Waals surface area contributed by atoms with Gasteiger partial charge in [0.2, 0.25) is 11.7 Å². The number of nitrogens with zero attached hydrogens (tertiary/aromatic N) is 4. The lowest BCUT2D eigenvalue weighted by atomic mass is 10.00. The van der Waals surface area contributed by atoms with Gasteiger partial charge in [0.15, 0.2) is 0 Å². The molecule has 33 heavy (non-hydrogen) atoms. The Morgan fingerprint density at radius 1 is 1.12 bits per heavy atom. The number of benzene rings is 2. The average Bonchev–Trinajstić information content (AvgIpc) is 3.48. The van der Waals surface area contributed by atoms with Gasteiger partial charge in [-0.1, -0.05) is 35.0 Å². The van der Waals surface area contributed by atoms with Gasteiger partial charge in [0, 0.05) is 18.5 Å². The molecule has 5 rings (SSSR count). The first-order chi connectivity index (χ1) is 16.1. The third-order valence-electron chi connectivity index (χ3n) is 5.98. The van der Waals surface area contributed by atoms with Gasteiger partial charge in [-0.15, -0.1) is 0 Å². The van der Waals surface area contributed by atoms with E-state index in [9.17, 15) is 4.79 Å². The van der Waals surface area contributed by atoms with Crippen molar-refractivity contribution in [2.45, 2.75) is 32.0 Å². The fourth-order valence-corrected chi connectivity index (χ4v) is 4.14. The summed E-state index contributed by atoms with van der Waals surface area (Å²) in [6.07, 6.45) is 4.30. The predicted molar refractivity (Wildman–Crippen MR) is 120 cm³/mol.